The second-order valence-corrected chi connectivity index (χ2v) is 6.68. The van der Waals surface area contributed by atoms with Crippen molar-refractivity contribution in [3.8, 4) is 0 Å². The molecule has 3 heteroatoms. The lowest BCUT2D eigenvalue weighted by atomic mass is 10.0. The molecule has 0 saturated heterocycles. The van der Waals surface area contributed by atoms with Crippen molar-refractivity contribution in [3.05, 3.63) is 64.1 Å². The van der Waals surface area contributed by atoms with E-state index < -0.39 is 0 Å². The van der Waals surface area contributed by atoms with E-state index >= 15 is 0 Å². The Morgan fingerprint density at radius 2 is 1.89 bits per heavy atom. The Kier molecular flexibility index (Phi) is 4.26. The van der Waals surface area contributed by atoms with Gasteiger partial charge >= 0.3 is 0 Å². The maximum atomic E-state index is 3.59. The molecule has 1 aliphatic heterocycles. The summed E-state index contributed by atoms with van der Waals surface area (Å²) in [6.07, 6.45) is 0. The Morgan fingerprint density at radius 3 is 2.79 bits per heavy atom. The molecule has 0 spiro atoms. The summed E-state index contributed by atoms with van der Waals surface area (Å²) in [4.78, 5) is 1.45. The van der Waals surface area contributed by atoms with E-state index in [0.29, 0.717) is 5.92 Å². The molecular formula is C16H16BrNS. The Hall–Kier alpha value is -0.770. The van der Waals surface area contributed by atoms with E-state index in [0.717, 1.165) is 13.1 Å². The minimum atomic E-state index is 0.642. The fraction of sp³-hybridized carbons (Fsp3) is 0.250. The maximum absolute atomic E-state index is 3.59. The molecule has 0 aromatic heterocycles. The number of hydrogen-bond donors (Lipinski definition) is 1. The number of fused-ring (bicyclic) bond motifs is 1. The molecule has 2 aromatic rings. The molecule has 98 valence electrons. The summed E-state index contributed by atoms with van der Waals surface area (Å²) in [6.45, 7) is 1.97. The van der Waals surface area contributed by atoms with E-state index in [2.05, 4.69) is 69.8 Å². The van der Waals surface area contributed by atoms with Gasteiger partial charge in [-0.1, -0.05) is 52.3 Å². The SMILES string of the molecule is Brc1ccccc1CNCC1CSc2ccccc21. The minimum absolute atomic E-state index is 0.642. The molecule has 1 N–H and O–H groups in total. The highest BCUT2D eigenvalue weighted by molar-refractivity contribution is 9.10. The molecule has 19 heavy (non-hydrogen) atoms. The van der Waals surface area contributed by atoms with Gasteiger partial charge in [-0.2, -0.15) is 0 Å². The summed E-state index contributed by atoms with van der Waals surface area (Å²) < 4.78 is 1.18. The van der Waals surface area contributed by atoms with Crippen LogP contribution in [-0.2, 0) is 6.54 Å². The van der Waals surface area contributed by atoms with E-state index in [4.69, 9.17) is 0 Å². The Morgan fingerprint density at radius 1 is 1.11 bits per heavy atom. The fourth-order valence-electron chi connectivity index (χ4n) is 2.42. The summed E-state index contributed by atoms with van der Waals surface area (Å²) in [6, 6.07) is 17.2. The predicted molar refractivity (Wildman–Crippen MR) is 85.8 cm³/mol. The molecular weight excluding hydrogens is 318 g/mol. The van der Waals surface area contributed by atoms with Crippen LogP contribution in [0.15, 0.2) is 57.9 Å². The molecule has 0 amide bonds. The van der Waals surface area contributed by atoms with Gasteiger partial charge in [-0.3, -0.25) is 0 Å². The van der Waals surface area contributed by atoms with E-state index in [9.17, 15) is 0 Å². The van der Waals surface area contributed by atoms with Gasteiger partial charge in [-0.05, 0) is 23.3 Å². The van der Waals surface area contributed by atoms with Crippen molar-refractivity contribution in [2.45, 2.75) is 17.4 Å². The number of halogens is 1. The van der Waals surface area contributed by atoms with Gasteiger partial charge in [0.2, 0.25) is 0 Å². The predicted octanol–water partition coefficient (Wildman–Crippen LogP) is 4.43. The lowest BCUT2D eigenvalue weighted by molar-refractivity contribution is 0.620. The standard InChI is InChI=1S/C16H16BrNS/c17-15-7-3-1-5-12(15)9-18-10-13-11-19-16-8-4-2-6-14(13)16/h1-8,13,18H,9-11H2. The smallest absolute Gasteiger partial charge is 0.0220 e. The first-order valence-electron chi connectivity index (χ1n) is 6.50. The van der Waals surface area contributed by atoms with Gasteiger partial charge in [-0.25, -0.2) is 0 Å². The molecule has 0 radical (unpaired) electrons. The van der Waals surface area contributed by atoms with Crippen LogP contribution in [0.4, 0.5) is 0 Å². The third-order valence-corrected chi connectivity index (χ3v) is 5.49. The summed E-state index contributed by atoms with van der Waals surface area (Å²) >= 11 is 5.57. The molecule has 0 fully saturated rings. The first-order valence-corrected chi connectivity index (χ1v) is 8.28. The molecule has 3 rings (SSSR count). The van der Waals surface area contributed by atoms with E-state index in [1.165, 1.54) is 26.2 Å². The number of rotatable bonds is 4. The van der Waals surface area contributed by atoms with Crippen LogP contribution in [0.25, 0.3) is 0 Å². The van der Waals surface area contributed by atoms with Crippen LogP contribution in [0.2, 0.25) is 0 Å². The molecule has 1 unspecified atom stereocenters. The number of benzene rings is 2. The summed E-state index contributed by atoms with van der Waals surface area (Å²) in [5, 5.41) is 3.58. The molecule has 0 aliphatic carbocycles. The number of nitrogens with one attached hydrogen (secondary N) is 1. The second-order valence-electron chi connectivity index (χ2n) is 4.77. The Labute approximate surface area is 126 Å². The number of hydrogen-bond acceptors (Lipinski definition) is 2. The zero-order chi connectivity index (χ0) is 13.1. The normalized spacial score (nSPS) is 17.4. The van der Waals surface area contributed by atoms with Crippen LogP contribution in [-0.4, -0.2) is 12.3 Å². The summed E-state index contributed by atoms with van der Waals surface area (Å²) in [7, 11) is 0. The highest BCUT2D eigenvalue weighted by atomic mass is 79.9. The van der Waals surface area contributed by atoms with Gasteiger partial charge in [0.1, 0.15) is 0 Å². The van der Waals surface area contributed by atoms with Crippen molar-refractivity contribution in [2.24, 2.45) is 0 Å². The summed E-state index contributed by atoms with van der Waals surface area (Å²) in [5.74, 6) is 1.84. The molecule has 1 nitrogen and oxygen atoms in total. The fourth-order valence-corrected chi connectivity index (χ4v) is 4.10. The quantitative estimate of drug-likeness (QED) is 0.888. The van der Waals surface area contributed by atoms with Crippen molar-refractivity contribution >= 4 is 27.7 Å². The second kappa shape index (κ2) is 6.12. The maximum Gasteiger partial charge on any atom is 0.0220 e. The molecule has 0 bridgehead atoms. The van der Waals surface area contributed by atoms with Crippen molar-refractivity contribution in [3.63, 3.8) is 0 Å². The van der Waals surface area contributed by atoms with Gasteiger partial charge in [0.15, 0.2) is 0 Å². The molecule has 1 aliphatic rings. The molecule has 1 heterocycles. The summed E-state index contributed by atoms with van der Waals surface area (Å²) in [5.41, 5.74) is 2.83. The molecule has 2 aromatic carbocycles. The van der Waals surface area contributed by atoms with Crippen LogP contribution in [0, 0.1) is 0 Å². The lowest BCUT2D eigenvalue weighted by Gasteiger charge is -2.12. The monoisotopic (exact) mass is 333 g/mol. The van der Waals surface area contributed by atoms with Crippen LogP contribution in [0.1, 0.15) is 17.0 Å². The van der Waals surface area contributed by atoms with Crippen LogP contribution >= 0.6 is 27.7 Å². The van der Waals surface area contributed by atoms with Crippen molar-refractivity contribution in [1.29, 1.82) is 0 Å². The molecule has 1 atom stereocenters. The Balaban J connectivity index is 1.58. The third-order valence-electron chi connectivity index (χ3n) is 3.46. The van der Waals surface area contributed by atoms with Crippen LogP contribution in [0.5, 0.6) is 0 Å². The van der Waals surface area contributed by atoms with Crippen molar-refractivity contribution < 1.29 is 0 Å². The van der Waals surface area contributed by atoms with Crippen molar-refractivity contribution in [2.75, 3.05) is 12.3 Å². The third kappa shape index (κ3) is 3.04. The van der Waals surface area contributed by atoms with Gasteiger partial charge in [0, 0.05) is 34.1 Å². The molecule has 0 saturated carbocycles. The van der Waals surface area contributed by atoms with Crippen LogP contribution < -0.4 is 5.32 Å². The van der Waals surface area contributed by atoms with Crippen LogP contribution in [0.3, 0.4) is 0 Å². The first kappa shape index (κ1) is 13.2. The average Bonchev–Trinajstić information content (AvgIpc) is 2.85. The zero-order valence-corrected chi connectivity index (χ0v) is 13.0. The first-order chi connectivity index (χ1) is 9.34. The topological polar surface area (TPSA) is 12.0 Å². The highest BCUT2D eigenvalue weighted by Crippen LogP contribution is 2.38. The Bertz CT molecular complexity index is 570. The van der Waals surface area contributed by atoms with Gasteiger partial charge < -0.3 is 5.32 Å². The largest absolute Gasteiger partial charge is 0.312 e. The van der Waals surface area contributed by atoms with E-state index in [1.807, 2.05) is 11.8 Å². The highest BCUT2D eigenvalue weighted by Gasteiger charge is 2.21. The zero-order valence-electron chi connectivity index (χ0n) is 10.6. The van der Waals surface area contributed by atoms with Gasteiger partial charge in [0.05, 0.1) is 0 Å². The average molecular weight is 334 g/mol. The van der Waals surface area contributed by atoms with E-state index in [-0.39, 0.29) is 0 Å². The minimum Gasteiger partial charge on any atom is -0.312 e. The van der Waals surface area contributed by atoms with Gasteiger partial charge in [-0.15, -0.1) is 11.8 Å². The van der Waals surface area contributed by atoms with Gasteiger partial charge in [0.25, 0.3) is 0 Å². The van der Waals surface area contributed by atoms with Crippen molar-refractivity contribution in [1.82, 2.24) is 5.32 Å². The van der Waals surface area contributed by atoms with E-state index in [1.54, 1.807) is 0 Å². The lowest BCUT2D eigenvalue weighted by Crippen LogP contribution is -2.21. The number of thioether (sulfide) groups is 1.